The summed E-state index contributed by atoms with van der Waals surface area (Å²) in [5.74, 6) is 1.53. The number of hydrogen-bond donors (Lipinski definition) is 3. The highest BCUT2D eigenvalue weighted by molar-refractivity contribution is 5.83. The van der Waals surface area contributed by atoms with Gasteiger partial charge in [0.15, 0.2) is 0 Å². The van der Waals surface area contributed by atoms with Crippen LogP contribution in [0.3, 0.4) is 0 Å². The average molecular weight is 264 g/mol. The minimum Gasteiger partial charge on any atom is -0.370 e. The quantitative estimate of drug-likeness (QED) is 0.673. The number of pyridine rings is 1. The van der Waals surface area contributed by atoms with Crippen LogP contribution in [-0.2, 0) is 4.79 Å². The van der Waals surface area contributed by atoms with Crippen molar-refractivity contribution in [3.05, 3.63) is 18.2 Å². The third-order valence-electron chi connectivity index (χ3n) is 2.61. The summed E-state index contributed by atoms with van der Waals surface area (Å²) in [7, 11) is 0. The smallest absolute Gasteiger partial charge is 0.242 e. The number of carbonyl (C=O) groups excluding carboxylic acids is 1. The van der Waals surface area contributed by atoms with E-state index in [1.165, 1.54) is 0 Å². The van der Waals surface area contributed by atoms with Crippen LogP contribution in [0.15, 0.2) is 18.2 Å². The summed E-state index contributed by atoms with van der Waals surface area (Å²) in [4.78, 5) is 16.2. The molecule has 3 N–H and O–H groups in total. The highest BCUT2D eigenvalue weighted by Crippen LogP contribution is 2.10. The molecule has 1 rings (SSSR count). The van der Waals surface area contributed by atoms with Gasteiger partial charge in [0.1, 0.15) is 17.7 Å². The van der Waals surface area contributed by atoms with E-state index in [0.29, 0.717) is 12.4 Å². The number of aromatic nitrogens is 1. The molecule has 0 aliphatic heterocycles. The van der Waals surface area contributed by atoms with E-state index in [1.54, 1.807) is 0 Å². The predicted octanol–water partition coefficient (Wildman–Crippen LogP) is 2.23. The van der Waals surface area contributed by atoms with Crippen LogP contribution in [0.5, 0.6) is 0 Å². The molecule has 0 aliphatic rings. The maximum Gasteiger partial charge on any atom is 0.242 e. The Kier molecular flexibility index (Phi) is 6.71. The van der Waals surface area contributed by atoms with Crippen LogP contribution in [0.2, 0.25) is 0 Å². The summed E-state index contributed by atoms with van der Waals surface area (Å²) in [6.07, 6.45) is 1.99. The second-order valence-electron chi connectivity index (χ2n) is 4.49. The summed E-state index contributed by atoms with van der Waals surface area (Å²) < 4.78 is 0. The van der Waals surface area contributed by atoms with E-state index in [1.807, 2.05) is 32.0 Å². The minimum atomic E-state index is -0.291. The van der Waals surface area contributed by atoms with Gasteiger partial charge >= 0.3 is 0 Å². The van der Waals surface area contributed by atoms with E-state index in [9.17, 15) is 4.79 Å². The molecule has 1 heterocycles. The Morgan fingerprint density at radius 2 is 1.89 bits per heavy atom. The van der Waals surface area contributed by atoms with Crippen molar-refractivity contribution in [2.24, 2.45) is 0 Å². The summed E-state index contributed by atoms with van der Waals surface area (Å²) >= 11 is 0. The highest BCUT2D eigenvalue weighted by Gasteiger charge is 2.12. The fourth-order valence-electron chi connectivity index (χ4n) is 1.56. The summed E-state index contributed by atoms with van der Waals surface area (Å²) in [6, 6.07) is 5.41. The second-order valence-corrected chi connectivity index (χ2v) is 4.49. The van der Waals surface area contributed by atoms with Crippen LogP contribution in [-0.4, -0.2) is 30.0 Å². The number of amides is 1. The fraction of sp³-hybridized carbons (Fsp3) is 0.571. The van der Waals surface area contributed by atoms with Gasteiger partial charge in [-0.25, -0.2) is 4.98 Å². The molecule has 19 heavy (non-hydrogen) atoms. The van der Waals surface area contributed by atoms with Gasteiger partial charge in [0, 0.05) is 13.1 Å². The second kappa shape index (κ2) is 8.34. The van der Waals surface area contributed by atoms with Crippen LogP contribution in [0.4, 0.5) is 11.6 Å². The Morgan fingerprint density at radius 3 is 2.58 bits per heavy atom. The molecule has 1 unspecified atom stereocenters. The number of carbonyl (C=O) groups is 1. The monoisotopic (exact) mass is 264 g/mol. The molecule has 0 bridgehead atoms. The lowest BCUT2D eigenvalue weighted by Crippen LogP contribution is -2.38. The number of rotatable bonds is 8. The van der Waals surface area contributed by atoms with Crippen molar-refractivity contribution in [1.82, 2.24) is 10.3 Å². The molecule has 1 amide bonds. The zero-order chi connectivity index (χ0) is 14.1. The Morgan fingerprint density at radius 1 is 1.21 bits per heavy atom. The molecule has 0 saturated heterocycles. The summed E-state index contributed by atoms with van der Waals surface area (Å²) in [5, 5.41) is 9.18. The van der Waals surface area contributed by atoms with Gasteiger partial charge in [-0.1, -0.05) is 19.9 Å². The topological polar surface area (TPSA) is 66.1 Å². The third kappa shape index (κ3) is 5.59. The first kappa shape index (κ1) is 15.3. The first-order valence-electron chi connectivity index (χ1n) is 6.92. The number of hydrogen-bond acceptors (Lipinski definition) is 4. The van der Waals surface area contributed by atoms with Crippen LogP contribution >= 0.6 is 0 Å². The molecule has 0 aromatic carbocycles. The van der Waals surface area contributed by atoms with Gasteiger partial charge in [0.25, 0.3) is 0 Å². The fourth-order valence-corrected chi connectivity index (χ4v) is 1.56. The van der Waals surface area contributed by atoms with E-state index in [-0.39, 0.29) is 11.9 Å². The van der Waals surface area contributed by atoms with Gasteiger partial charge in [-0.05, 0) is 31.9 Å². The molecule has 5 nitrogen and oxygen atoms in total. The molecular weight excluding hydrogens is 240 g/mol. The lowest BCUT2D eigenvalue weighted by molar-refractivity contribution is -0.121. The van der Waals surface area contributed by atoms with Crippen molar-refractivity contribution in [3.8, 4) is 0 Å². The third-order valence-corrected chi connectivity index (χ3v) is 2.61. The van der Waals surface area contributed by atoms with E-state index >= 15 is 0 Å². The number of nitrogens with one attached hydrogen (secondary N) is 3. The first-order valence-corrected chi connectivity index (χ1v) is 6.92. The molecule has 0 radical (unpaired) electrons. The van der Waals surface area contributed by atoms with Crippen molar-refractivity contribution >= 4 is 17.5 Å². The van der Waals surface area contributed by atoms with Crippen molar-refractivity contribution in [3.63, 3.8) is 0 Å². The molecule has 0 fully saturated rings. The van der Waals surface area contributed by atoms with Gasteiger partial charge in [-0.2, -0.15) is 0 Å². The van der Waals surface area contributed by atoms with Crippen LogP contribution in [0.1, 0.15) is 33.6 Å². The zero-order valence-corrected chi connectivity index (χ0v) is 12.0. The first-order chi connectivity index (χ1) is 9.17. The largest absolute Gasteiger partial charge is 0.370 e. The maximum atomic E-state index is 11.7. The Bertz CT molecular complexity index is 395. The molecule has 0 aliphatic carbocycles. The highest BCUT2D eigenvalue weighted by atomic mass is 16.2. The minimum absolute atomic E-state index is 0.00410. The van der Waals surface area contributed by atoms with E-state index in [4.69, 9.17) is 0 Å². The molecule has 1 aromatic rings. The van der Waals surface area contributed by atoms with Gasteiger partial charge in [0.2, 0.25) is 5.91 Å². The van der Waals surface area contributed by atoms with Crippen molar-refractivity contribution in [2.75, 3.05) is 23.7 Å². The van der Waals surface area contributed by atoms with Crippen LogP contribution in [0, 0.1) is 0 Å². The SMILES string of the molecule is CCCNC(=O)C(C)Nc1cccc(NCCC)n1. The van der Waals surface area contributed by atoms with Crippen LogP contribution in [0.25, 0.3) is 0 Å². The summed E-state index contributed by atoms with van der Waals surface area (Å²) in [6.45, 7) is 7.57. The Balaban J connectivity index is 2.53. The van der Waals surface area contributed by atoms with Crippen molar-refractivity contribution in [2.45, 2.75) is 39.7 Å². The zero-order valence-electron chi connectivity index (χ0n) is 12.0. The standard InChI is InChI=1S/C14H24N4O/c1-4-9-15-12-7-6-8-13(18-12)17-11(3)14(19)16-10-5-2/h6-8,11H,4-5,9-10H2,1-3H3,(H,16,19)(H2,15,17,18). The Hall–Kier alpha value is -1.78. The number of anilines is 2. The van der Waals surface area contributed by atoms with Gasteiger partial charge < -0.3 is 16.0 Å². The molecule has 106 valence electrons. The van der Waals surface area contributed by atoms with Gasteiger partial charge in [-0.3, -0.25) is 4.79 Å². The van der Waals surface area contributed by atoms with Crippen molar-refractivity contribution in [1.29, 1.82) is 0 Å². The van der Waals surface area contributed by atoms with E-state index in [2.05, 4.69) is 27.9 Å². The van der Waals surface area contributed by atoms with Gasteiger partial charge in [-0.15, -0.1) is 0 Å². The average Bonchev–Trinajstić information content (AvgIpc) is 2.42. The van der Waals surface area contributed by atoms with Crippen LogP contribution < -0.4 is 16.0 Å². The van der Waals surface area contributed by atoms with E-state index in [0.717, 1.165) is 25.2 Å². The molecular formula is C14H24N4O. The normalized spacial score (nSPS) is 11.7. The summed E-state index contributed by atoms with van der Waals surface area (Å²) in [5.41, 5.74) is 0. The van der Waals surface area contributed by atoms with E-state index < -0.39 is 0 Å². The lowest BCUT2D eigenvalue weighted by atomic mass is 10.3. The molecule has 5 heteroatoms. The molecule has 1 aromatic heterocycles. The lowest BCUT2D eigenvalue weighted by Gasteiger charge is -2.15. The predicted molar refractivity (Wildman–Crippen MR) is 79.4 cm³/mol. The molecule has 1 atom stereocenters. The molecule has 0 saturated carbocycles. The Labute approximate surface area is 115 Å². The number of nitrogens with zero attached hydrogens (tertiary/aromatic N) is 1. The van der Waals surface area contributed by atoms with Gasteiger partial charge in [0.05, 0.1) is 0 Å². The molecule has 0 spiro atoms. The van der Waals surface area contributed by atoms with Crippen molar-refractivity contribution < 1.29 is 4.79 Å². The maximum absolute atomic E-state index is 11.7.